The Hall–Kier alpha value is -2.62. The summed E-state index contributed by atoms with van der Waals surface area (Å²) in [5, 5.41) is 1.04. The van der Waals surface area contributed by atoms with Gasteiger partial charge < -0.3 is 9.72 Å². The minimum atomic E-state index is -0.336. The predicted molar refractivity (Wildman–Crippen MR) is 72.9 cm³/mol. The number of H-pyrrole nitrogens is 1. The monoisotopic (exact) mass is 252 g/mol. The van der Waals surface area contributed by atoms with E-state index in [1.165, 1.54) is 7.11 Å². The lowest BCUT2D eigenvalue weighted by molar-refractivity contribution is 0.0601. The van der Waals surface area contributed by atoms with E-state index in [0.717, 1.165) is 22.2 Å². The molecule has 3 aromatic rings. The summed E-state index contributed by atoms with van der Waals surface area (Å²) < 4.78 is 4.73. The van der Waals surface area contributed by atoms with Crippen molar-refractivity contribution in [2.75, 3.05) is 7.11 Å². The number of aromatic nitrogens is 2. The largest absolute Gasteiger partial charge is 0.465 e. The fraction of sp³-hybridized carbons (Fsp3) is 0.0667. The lowest BCUT2D eigenvalue weighted by Gasteiger charge is -2.04. The molecule has 3 rings (SSSR count). The first kappa shape index (κ1) is 11.5. The number of nitrogens with one attached hydrogen (secondary N) is 1. The van der Waals surface area contributed by atoms with E-state index in [9.17, 15) is 4.79 Å². The van der Waals surface area contributed by atoms with Crippen molar-refractivity contribution >= 4 is 17.0 Å². The van der Waals surface area contributed by atoms with E-state index in [2.05, 4.69) is 9.97 Å². The van der Waals surface area contributed by atoms with E-state index in [1.807, 2.05) is 30.5 Å². The number of aromatic amines is 1. The van der Waals surface area contributed by atoms with Gasteiger partial charge in [0.15, 0.2) is 0 Å². The Balaban J connectivity index is 2.07. The van der Waals surface area contributed by atoms with Gasteiger partial charge in [-0.15, -0.1) is 0 Å². The minimum absolute atomic E-state index is 0.336. The number of rotatable bonds is 2. The van der Waals surface area contributed by atoms with Crippen molar-refractivity contribution in [3.05, 3.63) is 54.4 Å². The Morgan fingerprint density at radius 1 is 1.21 bits per heavy atom. The molecule has 0 bridgehead atoms. The molecule has 0 saturated carbocycles. The summed E-state index contributed by atoms with van der Waals surface area (Å²) in [4.78, 5) is 18.9. The van der Waals surface area contributed by atoms with Gasteiger partial charge in [-0.1, -0.05) is 12.1 Å². The molecule has 2 aromatic heterocycles. The quantitative estimate of drug-likeness (QED) is 0.713. The second-order valence-electron chi connectivity index (χ2n) is 4.21. The normalized spacial score (nSPS) is 10.6. The maximum absolute atomic E-state index is 11.5. The first-order chi connectivity index (χ1) is 9.28. The van der Waals surface area contributed by atoms with Gasteiger partial charge in [-0.25, -0.2) is 9.78 Å². The molecule has 1 N–H and O–H groups in total. The molecule has 1 aromatic carbocycles. The first-order valence-corrected chi connectivity index (χ1v) is 5.90. The average molecular weight is 252 g/mol. The lowest BCUT2D eigenvalue weighted by atomic mass is 10.0. The zero-order valence-corrected chi connectivity index (χ0v) is 10.4. The second kappa shape index (κ2) is 4.57. The summed E-state index contributed by atoms with van der Waals surface area (Å²) in [6.45, 7) is 0. The van der Waals surface area contributed by atoms with Crippen LogP contribution in [0.2, 0.25) is 0 Å². The number of ether oxygens (including phenoxy) is 1. The number of fused-ring (bicyclic) bond motifs is 1. The van der Waals surface area contributed by atoms with Gasteiger partial charge in [-0.2, -0.15) is 0 Å². The number of carbonyl (C=O) groups is 1. The number of benzene rings is 1. The number of carbonyl (C=O) groups excluding carboxylic acids is 1. The minimum Gasteiger partial charge on any atom is -0.465 e. The molecule has 0 spiro atoms. The van der Waals surface area contributed by atoms with Crippen LogP contribution in [0.1, 0.15) is 10.4 Å². The molecule has 0 aliphatic heterocycles. The van der Waals surface area contributed by atoms with E-state index in [-0.39, 0.29) is 5.97 Å². The summed E-state index contributed by atoms with van der Waals surface area (Å²) in [5.41, 5.74) is 3.30. The van der Waals surface area contributed by atoms with Gasteiger partial charge >= 0.3 is 5.97 Å². The number of methoxy groups -OCH3 is 1. The van der Waals surface area contributed by atoms with Crippen molar-refractivity contribution in [2.45, 2.75) is 0 Å². The number of esters is 1. The van der Waals surface area contributed by atoms with Crippen LogP contribution in [0.4, 0.5) is 0 Å². The Morgan fingerprint density at radius 2 is 2.11 bits per heavy atom. The van der Waals surface area contributed by atoms with Crippen LogP contribution in [0.25, 0.3) is 22.2 Å². The van der Waals surface area contributed by atoms with Gasteiger partial charge in [-0.3, -0.25) is 0 Å². The highest BCUT2D eigenvalue weighted by Crippen LogP contribution is 2.23. The van der Waals surface area contributed by atoms with Crippen molar-refractivity contribution in [3.8, 4) is 11.1 Å². The third-order valence-corrected chi connectivity index (χ3v) is 3.02. The van der Waals surface area contributed by atoms with Crippen molar-refractivity contribution in [1.82, 2.24) is 9.97 Å². The lowest BCUT2D eigenvalue weighted by Crippen LogP contribution is -2.00. The summed E-state index contributed by atoms with van der Waals surface area (Å²) in [7, 11) is 1.38. The van der Waals surface area contributed by atoms with Crippen LogP contribution in [-0.4, -0.2) is 23.0 Å². The molecule has 19 heavy (non-hydrogen) atoms. The highest BCUT2D eigenvalue weighted by Gasteiger charge is 2.07. The van der Waals surface area contributed by atoms with Crippen molar-refractivity contribution in [2.24, 2.45) is 0 Å². The van der Waals surface area contributed by atoms with Gasteiger partial charge in [0.05, 0.1) is 12.7 Å². The fourth-order valence-corrected chi connectivity index (χ4v) is 2.04. The SMILES string of the molecule is COC(=O)c1cccc(-c2cnc3[nH]ccc3c2)c1. The zero-order valence-electron chi connectivity index (χ0n) is 10.4. The van der Waals surface area contributed by atoms with E-state index in [0.29, 0.717) is 5.56 Å². The summed E-state index contributed by atoms with van der Waals surface area (Å²) in [5.74, 6) is -0.336. The highest BCUT2D eigenvalue weighted by molar-refractivity contribution is 5.91. The number of nitrogens with zero attached hydrogens (tertiary/aromatic N) is 1. The Kier molecular flexibility index (Phi) is 2.76. The van der Waals surface area contributed by atoms with E-state index >= 15 is 0 Å². The highest BCUT2D eigenvalue weighted by atomic mass is 16.5. The fourth-order valence-electron chi connectivity index (χ4n) is 2.04. The summed E-state index contributed by atoms with van der Waals surface area (Å²) in [6, 6.07) is 11.3. The average Bonchev–Trinajstić information content (AvgIpc) is 2.94. The van der Waals surface area contributed by atoms with Crippen LogP contribution in [0, 0.1) is 0 Å². The van der Waals surface area contributed by atoms with Crippen LogP contribution in [0.3, 0.4) is 0 Å². The molecule has 0 aliphatic carbocycles. The third-order valence-electron chi connectivity index (χ3n) is 3.02. The van der Waals surface area contributed by atoms with Crippen LogP contribution in [0.5, 0.6) is 0 Å². The summed E-state index contributed by atoms with van der Waals surface area (Å²) in [6.07, 6.45) is 3.64. The van der Waals surface area contributed by atoms with Crippen molar-refractivity contribution < 1.29 is 9.53 Å². The molecular weight excluding hydrogens is 240 g/mol. The van der Waals surface area contributed by atoms with E-state index < -0.39 is 0 Å². The van der Waals surface area contributed by atoms with Crippen molar-refractivity contribution in [3.63, 3.8) is 0 Å². The molecule has 4 nitrogen and oxygen atoms in total. The van der Waals surface area contributed by atoms with Crippen LogP contribution in [-0.2, 0) is 4.74 Å². The molecule has 2 heterocycles. The first-order valence-electron chi connectivity index (χ1n) is 5.90. The Bertz CT molecular complexity index is 746. The molecule has 4 heteroatoms. The van der Waals surface area contributed by atoms with Crippen LogP contribution >= 0.6 is 0 Å². The summed E-state index contributed by atoms with van der Waals surface area (Å²) >= 11 is 0. The van der Waals surface area contributed by atoms with Gasteiger partial charge in [0, 0.05) is 23.3 Å². The maximum atomic E-state index is 11.5. The molecule has 0 aliphatic rings. The molecule has 0 radical (unpaired) electrons. The Morgan fingerprint density at radius 3 is 2.95 bits per heavy atom. The van der Waals surface area contributed by atoms with Gasteiger partial charge in [0.25, 0.3) is 0 Å². The zero-order chi connectivity index (χ0) is 13.2. The predicted octanol–water partition coefficient (Wildman–Crippen LogP) is 3.02. The standard InChI is InChI=1S/C15H12N2O2/c1-19-15(18)12-4-2-3-10(7-12)13-8-11-5-6-16-14(11)17-9-13/h2-9H,1H3,(H,16,17). The molecule has 0 unspecified atom stereocenters. The molecule has 0 amide bonds. The van der Waals surface area contributed by atoms with Gasteiger partial charge in [0.1, 0.15) is 5.65 Å². The van der Waals surface area contributed by atoms with Crippen molar-refractivity contribution in [1.29, 1.82) is 0 Å². The molecular formula is C15H12N2O2. The Labute approximate surface area is 110 Å². The van der Waals surface area contributed by atoms with Gasteiger partial charge in [-0.05, 0) is 29.8 Å². The maximum Gasteiger partial charge on any atom is 0.337 e. The van der Waals surface area contributed by atoms with E-state index in [4.69, 9.17) is 4.74 Å². The van der Waals surface area contributed by atoms with Crippen LogP contribution < -0.4 is 0 Å². The molecule has 0 atom stereocenters. The topological polar surface area (TPSA) is 55.0 Å². The second-order valence-corrected chi connectivity index (χ2v) is 4.21. The van der Waals surface area contributed by atoms with Gasteiger partial charge in [0.2, 0.25) is 0 Å². The van der Waals surface area contributed by atoms with Crippen LogP contribution in [0.15, 0.2) is 48.8 Å². The molecule has 0 fully saturated rings. The van der Waals surface area contributed by atoms with E-state index in [1.54, 1.807) is 18.3 Å². The number of hydrogen-bond donors (Lipinski definition) is 1. The number of hydrogen-bond acceptors (Lipinski definition) is 3. The molecule has 0 saturated heterocycles. The third kappa shape index (κ3) is 2.08. The number of pyridine rings is 1. The smallest absolute Gasteiger partial charge is 0.337 e. The molecule has 94 valence electrons.